The molecule has 46 heavy (non-hydrogen) atoms. The van der Waals surface area contributed by atoms with Crippen molar-refractivity contribution in [3.8, 4) is 71.9 Å². The minimum Gasteiger partial charge on any atom is -0.453 e. The SMILES string of the molecule is CCOC#COCOc1cc2cc3cc(OCOC#COCC)c(OCOC#COCC)cc3cc2cc1OCOC#COCC. The largest absolute Gasteiger partial charge is 0.453 e. The van der Waals surface area contributed by atoms with Crippen molar-refractivity contribution in [3.05, 3.63) is 36.4 Å². The average molecular weight is 635 g/mol. The molecule has 12 heteroatoms. The highest BCUT2D eigenvalue weighted by Gasteiger charge is 2.13. The Kier molecular flexibility index (Phi) is 15.6. The molecule has 0 atom stereocenters. The Labute approximate surface area is 267 Å². The van der Waals surface area contributed by atoms with Crippen molar-refractivity contribution >= 4 is 21.5 Å². The Bertz CT molecular complexity index is 1400. The van der Waals surface area contributed by atoms with E-state index < -0.39 is 0 Å². The molecule has 0 unspecified atom stereocenters. The van der Waals surface area contributed by atoms with Crippen LogP contribution in [0.5, 0.6) is 23.0 Å². The predicted molar refractivity (Wildman–Crippen MR) is 165 cm³/mol. The maximum absolute atomic E-state index is 5.81. The summed E-state index contributed by atoms with van der Waals surface area (Å²) in [4.78, 5) is 0. The van der Waals surface area contributed by atoms with Crippen molar-refractivity contribution < 1.29 is 56.8 Å². The van der Waals surface area contributed by atoms with E-state index in [0.717, 1.165) is 21.5 Å². The second kappa shape index (κ2) is 20.8. The predicted octanol–water partition coefficient (Wildman–Crippen LogP) is 5.22. The fraction of sp³-hybridized carbons (Fsp3) is 0.353. The lowest BCUT2D eigenvalue weighted by molar-refractivity contribution is 0.0702. The van der Waals surface area contributed by atoms with Crippen LogP contribution >= 0.6 is 0 Å². The number of benzene rings is 3. The van der Waals surface area contributed by atoms with Crippen molar-refractivity contribution in [1.29, 1.82) is 0 Å². The van der Waals surface area contributed by atoms with Gasteiger partial charge in [-0.25, -0.2) is 0 Å². The highest BCUT2D eigenvalue weighted by molar-refractivity contribution is 6.00. The summed E-state index contributed by atoms with van der Waals surface area (Å²) < 4.78 is 63.8. The molecule has 0 N–H and O–H groups in total. The summed E-state index contributed by atoms with van der Waals surface area (Å²) in [6.45, 7) is 8.31. The van der Waals surface area contributed by atoms with Crippen molar-refractivity contribution in [3.63, 3.8) is 0 Å². The summed E-state index contributed by atoms with van der Waals surface area (Å²) in [5, 5.41) is 3.33. The summed E-state index contributed by atoms with van der Waals surface area (Å²) in [5.41, 5.74) is 0. The van der Waals surface area contributed by atoms with Crippen LogP contribution in [0.2, 0.25) is 0 Å². The van der Waals surface area contributed by atoms with Gasteiger partial charge in [0.1, 0.15) is 0 Å². The van der Waals surface area contributed by atoms with E-state index in [0.29, 0.717) is 49.4 Å². The standard InChI is InChI=1S/C34H34O12/c1-5-35-9-13-39-23-43-31-19-27-17-29-21-33(45-25-41-15-11-37-7-3)34(46-26-42-16-12-38-8-4)22-30(29)18-28(27)20-32(31)44-24-40-14-10-36-6-2/h17-22H,5-8,23-26H2,1-4H3. The Balaban J connectivity index is 1.91. The zero-order chi connectivity index (χ0) is 32.7. The molecular formula is C34H34O12. The Morgan fingerprint density at radius 3 is 0.761 bits per heavy atom. The van der Waals surface area contributed by atoms with Crippen LogP contribution in [-0.4, -0.2) is 53.6 Å². The van der Waals surface area contributed by atoms with Gasteiger partial charge in [0.05, 0.1) is 26.4 Å². The van der Waals surface area contributed by atoms with Gasteiger partial charge in [0, 0.05) is 0 Å². The van der Waals surface area contributed by atoms with Gasteiger partial charge in [-0.15, -0.1) is 0 Å². The summed E-state index contributed by atoms with van der Waals surface area (Å²) in [5.74, 6) is 1.53. The number of rotatable bonds is 16. The zero-order valence-corrected chi connectivity index (χ0v) is 26.0. The van der Waals surface area contributed by atoms with Crippen molar-refractivity contribution in [2.24, 2.45) is 0 Å². The lowest BCUT2D eigenvalue weighted by Gasteiger charge is -2.15. The van der Waals surface area contributed by atoms with Gasteiger partial charge < -0.3 is 56.8 Å². The molecule has 3 aromatic rings. The van der Waals surface area contributed by atoms with Gasteiger partial charge in [-0.1, -0.05) is 0 Å². The minimum atomic E-state index is -0.178. The Morgan fingerprint density at radius 2 is 0.543 bits per heavy atom. The fourth-order valence-corrected chi connectivity index (χ4v) is 3.48. The molecule has 0 saturated heterocycles. The molecule has 0 aliphatic rings. The van der Waals surface area contributed by atoms with Crippen molar-refractivity contribution in [2.45, 2.75) is 27.7 Å². The first-order chi connectivity index (χ1) is 22.7. The average Bonchev–Trinajstić information content (AvgIpc) is 3.06. The second-order valence-corrected chi connectivity index (χ2v) is 8.32. The molecule has 0 amide bonds. The molecular weight excluding hydrogens is 600 g/mol. The van der Waals surface area contributed by atoms with Gasteiger partial charge in [0.25, 0.3) is 0 Å². The monoisotopic (exact) mass is 634 g/mol. The molecule has 12 nitrogen and oxygen atoms in total. The van der Waals surface area contributed by atoms with Crippen LogP contribution < -0.4 is 18.9 Å². The van der Waals surface area contributed by atoms with Crippen molar-refractivity contribution in [1.82, 2.24) is 0 Å². The molecule has 0 heterocycles. The van der Waals surface area contributed by atoms with E-state index in [2.05, 4.69) is 48.9 Å². The van der Waals surface area contributed by atoms with Crippen LogP contribution in [0, 0.1) is 48.9 Å². The molecule has 0 saturated carbocycles. The molecule has 3 rings (SSSR count). The lowest BCUT2D eigenvalue weighted by atomic mass is 10.0. The normalized spacial score (nSPS) is 9.30. The van der Waals surface area contributed by atoms with Gasteiger partial charge in [-0.2, -0.15) is 0 Å². The minimum absolute atomic E-state index is 0.178. The summed E-state index contributed by atoms with van der Waals surface area (Å²) in [6, 6.07) is 11.1. The molecule has 0 aliphatic carbocycles. The topological polar surface area (TPSA) is 111 Å². The molecule has 242 valence electrons. The third kappa shape index (κ3) is 12.0. The van der Waals surface area contributed by atoms with E-state index in [9.17, 15) is 0 Å². The van der Waals surface area contributed by atoms with Crippen LogP contribution in [0.25, 0.3) is 21.5 Å². The first-order valence-corrected chi connectivity index (χ1v) is 14.2. The molecule has 0 spiro atoms. The van der Waals surface area contributed by atoms with Gasteiger partial charge >= 0.3 is 0 Å². The molecule has 0 aromatic heterocycles. The van der Waals surface area contributed by atoms with E-state index >= 15 is 0 Å². The number of fused-ring (bicyclic) bond motifs is 2. The van der Waals surface area contributed by atoms with E-state index in [1.165, 1.54) is 0 Å². The highest BCUT2D eigenvalue weighted by atomic mass is 16.7. The van der Waals surface area contributed by atoms with E-state index in [-0.39, 0.29) is 27.2 Å². The molecule has 0 aliphatic heterocycles. The van der Waals surface area contributed by atoms with Crippen LogP contribution in [0.15, 0.2) is 36.4 Å². The van der Waals surface area contributed by atoms with Gasteiger partial charge in [0.2, 0.25) is 27.2 Å². The van der Waals surface area contributed by atoms with Crippen molar-refractivity contribution in [2.75, 3.05) is 53.6 Å². The van der Waals surface area contributed by atoms with Crippen LogP contribution in [0.4, 0.5) is 0 Å². The number of hydrogen-bond acceptors (Lipinski definition) is 12. The number of hydrogen-bond donors (Lipinski definition) is 0. The van der Waals surface area contributed by atoms with Crippen LogP contribution in [-0.2, 0) is 37.9 Å². The highest BCUT2D eigenvalue weighted by Crippen LogP contribution is 2.38. The van der Waals surface area contributed by atoms with E-state index in [4.69, 9.17) is 56.8 Å². The zero-order valence-electron chi connectivity index (χ0n) is 26.0. The lowest BCUT2D eigenvalue weighted by Crippen LogP contribution is -2.05. The second-order valence-electron chi connectivity index (χ2n) is 8.32. The van der Waals surface area contributed by atoms with Crippen LogP contribution in [0.3, 0.4) is 0 Å². The van der Waals surface area contributed by atoms with E-state index in [1.54, 1.807) is 24.3 Å². The number of ether oxygens (including phenoxy) is 12. The first-order valence-electron chi connectivity index (χ1n) is 14.2. The smallest absolute Gasteiger partial charge is 0.241 e. The summed E-state index contributed by atoms with van der Waals surface area (Å²) in [7, 11) is 0. The first kappa shape index (κ1) is 34.5. The third-order valence-corrected chi connectivity index (χ3v) is 5.34. The summed E-state index contributed by atoms with van der Waals surface area (Å²) >= 11 is 0. The van der Waals surface area contributed by atoms with Gasteiger partial charge in [-0.05, 0) is 85.6 Å². The maximum atomic E-state index is 5.81. The maximum Gasteiger partial charge on any atom is 0.241 e. The quantitative estimate of drug-likeness (QED) is 0.0891. The molecule has 0 fully saturated rings. The Morgan fingerprint density at radius 1 is 0.326 bits per heavy atom. The summed E-state index contributed by atoms with van der Waals surface area (Å²) in [6.07, 6.45) is 19.3. The van der Waals surface area contributed by atoms with Gasteiger partial charge in [0.15, 0.2) is 71.9 Å². The Hall–Kier alpha value is -5.98. The van der Waals surface area contributed by atoms with Crippen LogP contribution in [0.1, 0.15) is 27.7 Å². The molecule has 3 aromatic carbocycles. The third-order valence-electron chi connectivity index (χ3n) is 5.34. The van der Waals surface area contributed by atoms with Gasteiger partial charge in [-0.3, -0.25) is 0 Å². The van der Waals surface area contributed by atoms with E-state index in [1.807, 2.05) is 39.8 Å². The molecule has 0 radical (unpaired) electrons. The molecule has 0 bridgehead atoms. The fourth-order valence-electron chi connectivity index (χ4n) is 3.48.